The van der Waals surface area contributed by atoms with E-state index in [1.54, 1.807) is 0 Å². The number of allylic oxidation sites excluding steroid dienone is 2. The van der Waals surface area contributed by atoms with Gasteiger partial charge in [-0.15, -0.1) is 0 Å². The molecule has 198 valence electrons. The molecule has 0 spiro atoms. The molecule has 0 radical (unpaired) electrons. The number of hydrogen-bond donors (Lipinski definition) is 7. The number of phenolic OH excluding ortho intramolecular Hbond substituents is 3. The Morgan fingerprint density at radius 1 is 1.00 bits per heavy atom. The Labute approximate surface area is 210 Å². The predicted molar refractivity (Wildman–Crippen MR) is 130 cm³/mol. The number of ether oxygens (including phenoxy) is 2. The minimum absolute atomic E-state index is 0.0543. The van der Waals surface area contributed by atoms with Crippen LogP contribution in [0.25, 0.3) is 22.1 Å². The van der Waals surface area contributed by atoms with Gasteiger partial charge in [0, 0.05) is 23.3 Å². The van der Waals surface area contributed by atoms with Crippen LogP contribution >= 0.6 is 0 Å². The van der Waals surface area contributed by atoms with E-state index in [0.29, 0.717) is 0 Å². The lowest BCUT2D eigenvalue weighted by Crippen LogP contribution is -2.60. The topological polar surface area (TPSA) is 190 Å². The van der Waals surface area contributed by atoms with Gasteiger partial charge in [-0.05, 0) is 32.4 Å². The molecule has 1 fully saturated rings. The molecule has 5 atom stereocenters. The summed E-state index contributed by atoms with van der Waals surface area (Å²) in [6.07, 6.45) is -4.48. The summed E-state index contributed by atoms with van der Waals surface area (Å²) >= 11 is 0. The van der Waals surface area contributed by atoms with Crippen LogP contribution in [-0.4, -0.2) is 73.1 Å². The molecule has 0 saturated carbocycles. The predicted octanol–water partition coefficient (Wildman–Crippen LogP) is 1.26. The molecule has 11 nitrogen and oxygen atoms in total. The Bertz CT molecular complexity index is 1390. The molecule has 1 aromatic heterocycles. The van der Waals surface area contributed by atoms with E-state index in [9.17, 15) is 40.5 Å². The van der Waals surface area contributed by atoms with Crippen LogP contribution in [-0.2, 0) is 11.2 Å². The van der Waals surface area contributed by atoms with Crippen LogP contribution in [0.5, 0.6) is 23.0 Å². The normalized spacial score (nSPS) is 23.7. The molecule has 0 bridgehead atoms. The van der Waals surface area contributed by atoms with Crippen molar-refractivity contribution in [2.75, 3.05) is 6.61 Å². The Morgan fingerprint density at radius 2 is 1.73 bits per heavy atom. The molecule has 0 amide bonds. The molecule has 11 heteroatoms. The molecule has 1 saturated heterocycles. The van der Waals surface area contributed by atoms with Crippen molar-refractivity contribution in [3.63, 3.8) is 0 Å². The summed E-state index contributed by atoms with van der Waals surface area (Å²) in [7, 11) is 0. The first-order valence-electron chi connectivity index (χ1n) is 11.5. The highest BCUT2D eigenvalue weighted by molar-refractivity contribution is 5.89. The minimum atomic E-state index is -1.68. The largest absolute Gasteiger partial charge is 0.508 e. The summed E-state index contributed by atoms with van der Waals surface area (Å²) in [6, 6.07) is 5.03. The molecule has 1 aliphatic heterocycles. The van der Waals surface area contributed by atoms with E-state index in [4.69, 9.17) is 13.9 Å². The molecule has 2 aromatic carbocycles. The number of aliphatic hydroxyl groups is 4. The SMILES string of the molecule is CC(C)=CCc1c(O)ccc(-c2coc3cc(O[C@@H]4O[C@H](CO)[C@@H](O)[C@H](O)[C@H]4O)cc(O)c3c2=O)c1O. The zero-order valence-electron chi connectivity index (χ0n) is 20.0. The maximum atomic E-state index is 13.3. The van der Waals surface area contributed by atoms with Gasteiger partial charge in [0.2, 0.25) is 11.7 Å². The fraction of sp³-hybridized carbons (Fsp3) is 0.346. The molecule has 0 unspecified atom stereocenters. The van der Waals surface area contributed by atoms with Gasteiger partial charge in [-0.1, -0.05) is 11.6 Å². The molecule has 1 aliphatic rings. The highest BCUT2D eigenvalue weighted by atomic mass is 16.7. The molecule has 4 rings (SSSR count). The number of aliphatic hydroxyl groups excluding tert-OH is 4. The molecular weight excluding hydrogens is 488 g/mol. The highest BCUT2D eigenvalue weighted by Crippen LogP contribution is 2.38. The van der Waals surface area contributed by atoms with Crippen molar-refractivity contribution in [2.45, 2.75) is 51.0 Å². The third-order valence-electron chi connectivity index (χ3n) is 6.19. The second-order valence-electron chi connectivity index (χ2n) is 9.05. The zero-order valence-corrected chi connectivity index (χ0v) is 20.0. The number of benzene rings is 2. The Balaban J connectivity index is 1.71. The monoisotopic (exact) mass is 516 g/mol. The minimum Gasteiger partial charge on any atom is -0.508 e. The summed E-state index contributed by atoms with van der Waals surface area (Å²) in [6.45, 7) is 3.09. The van der Waals surface area contributed by atoms with Crippen LogP contribution in [0.4, 0.5) is 0 Å². The zero-order chi connectivity index (χ0) is 27.0. The first-order valence-corrected chi connectivity index (χ1v) is 11.5. The lowest BCUT2D eigenvalue weighted by molar-refractivity contribution is -0.277. The lowest BCUT2D eigenvalue weighted by atomic mass is 9.98. The van der Waals surface area contributed by atoms with Crippen LogP contribution in [0.2, 0.25) is 0 Å². The number of rotatable bonds is 6. The van der Waals surface area contributed by atoms with Crippen molar-refractivity contribution in [3.05, 3.63) is 58.0 Å². The van der Waals surface area contributed by atoms with Gasteiger partial charge in [0.25, 0.3) is 0 Å². The van der Waals surface area contributed by atoms with Gasteiger partial charge in [-0.2, -0.15) is 0 Å². The smallest absolute Gasteiger partial charge is 0.229 e. The third-order valence-corrected chi connectivity index (χ3v) is 6.19. The van der Waals surface area contributed by atoms with Gasteiger partial charge >= 0.3 is 0 Å². The number of hydrogen-bond acceptors (Lipinski definition) is 11. The fourth-order valence-electron chi connectivity index (χ4n) is 4.11. The number of phenols is 3. The van der Waals surface area contributed by atoms with Crippen molar-refractivity contribution in [1.82, 2.24) is 0 Å². The van der Waals surface area contributed by atoms with Crippen LogP contribution in [0, 0.1) is 0 Å². The van der Waals surface area contributed by atoms with Crippen LogP contribution in [0.1, 0.15) is 19.4 Å². The van der Waals surface area contributed by atoms with Gasteiger partial charge < -0.3 is 49.6 Å². The molecule has 0 aliphatic carbocycles. The molecule has 2 heterocycles. The van der Waals surface area contributed by atoms with Crippen molar-refractivity contribution < 1.29 is 49.6 Å². The second-order valence-corrected chi connectivity index (χ2v) is 9.05. The quantitative estimate of drug-likeness (QED) is 0.234. The van der Waals surface area contributed by atoms with Crippen molar-refractivity contribution >= 4 is 11.0 Å². The Kier molecular flexibility index (Phi) is 7.44. The highest BCUT2D eigenvalue weighted by Gasteiger charge is 2.44. The maximum Gasteiger partial charge on any atom is 0.229 e. The standard InChI is InChI=1S/C26H28O11/c1-11(2)3-4-14-16(28)6-5-13(21(14)30)15-10-35-18-8-12(7-17(29)20(18)22(15)31)36-26-25(34)24(33)23(32)19(9-27)37-26/h3,5-8,10,19,23-30,32-34H,4,9H2,1-2H3/t19-,23-,24+,25-,26-/m1/s1. The Hall–Kier alpha value is -3.61. The second kappa shape index (κ2) is 10.4. The van der Waals surface area contributed by atoms with Gasteiger partial charge in [0.1, 0.15) is 64.6 Å². The average Bonchev–Trinajstić information content (AvgIpc) is 2.84. The van der Waals surface area contributed by atoms with Crippen molar-refractivity contribution in [3.8, 4) is 34.1 Å². The summed E-state index contributed by atoms with van der Waals surface area (Å²) in [5.74, 6) is -1.06. The molecule has 37 heavy (non-hydrogen) atoms. The van der Waals surface area contributed by atoms with Gasteiger partial charge in [0.05, 0.1) is 12.2 Å². The number of aromatic hydroxyl groups is 3. The maximum absolute atomic E-state index is 13.3. The van der Waals surface area contributed by atoms with E-state index in [0.717, 1.165) is 17.9 Å². The summed E-state index contributed by atoms with van der Waals surface area (Å²) < 4.78 is 16.4. The van der Waals surface area contributed by atoms with Crippen LogP contribution in [0.3, 0.4) is 0 Å². The molecule has 3 aromatic rings. The average molecular weight is 516 g/mol. The van der Waals surface area contributed by atoms with Crippen LogP contribution in [0.15, 0.2) is 51.4 Å². The van der Waals surface area contributed by atoms with Crippen molar-refractivity contribution in [1.29, 1.82) is 0 Å². The van der Waals surface area contributed by atoms with Crippen LogP contribution < -0.4 is 10.2 Å². The summed E-state index contributed by atoms with van der Waals surface area (Å²) in [5, 5.41) is 70.8. The molecular formula is C26H28O11. The number of fused-ring (bicyclic) bond motifs is 1. The summed E-state index contributed by atoms with van der Waals surface area (Å²) in [5.41, 5.74) is 0.503. The van der Waals surface area contributed by atoms with E-state index >= 15 is 0 Å². The van der Waals surface area contributed by atoms with Gasteiger partial charge in [-0.3, -0.25) is 4.79 Å². The third kappa shape index (κ3) is 4.99. The van der Waals surface area contributed by atoms with E-state index in [1.807, 2.05) is 19.9 Å². The fourth-order valence-corrected chi connectivity index (χ4v) is 4.11. The van der Waals surface area contributed by atoms with E-state index < -0.39 is 48.5 Å². The summed E-state index contributed by atoms with van der Waals surface area (Å²) in [4.78, 5) is 13.3. The van der Waals surface area contributed by atoms with Gasteiger partial charge in [0.15, 0.2) is 0 Å². The van der Waals surface area contributed by atoms with E-state index in [1.165, 1.54) is 18.2 Å². The van der Waals surface area contributed by atoms with E-state index in [-0.39, 0.29) is 51.3 Å². The van der Waals surface area contributed by atoms with E-state index in [2.05, 4.69) is 0 Å². The first kappa shape index (κ1) is 26.5. The lowest BCUT2D eigenvalue weighted by Gasteiger charge is -2.39. The Morgan fingerprint density at radius 3 is 2.41 bits per heavy atom. The van der Waals surface area contributed by atoms with Gasteiger partial charge in [-0.25, -0.2) is 0 Å². The molecule has 7 N–H and O–H groups in total. The first-order chi connectivity index (χ1) is 17.5. The van der Waals surface area contributed by atoms with Crippen molar-refractivity contribution in [2.24, 2.45) is 0 Å².